The van der Waals surface area contributed by atoms with Gasteiger partial charge in [-0.3, -0.25) is 9.10 Å². The van der Waals surface area contributed by atoms with E-state index in [2.05, 4.69) is 5.32 Å². The molecule has 0 saturated carbocycles. The Balaban J connectivity index is 1.84. The van der Waals surface area contributed by atoms with Gasteiger partial charge in [-0.15, -0.1) is 0 Å². The van der Waals surface area contributed by atoms with Gasteiger partial charge >= 0.3 is 0 Å². The molecule has 6 heteroatoms. The van der Waals surface area contributed by atoms with Gasteiger partial charge in [-0.2, -0.15) is 0 Å². The molecule has 1 heterocycles. The molecule has 0 aliphatic carbocycles. The average molecular weight is 344 g/mol. The van der Waals surface area contributed by atoms with E-state index in [1.165, 1.54) is 10.6 Å². The number of carbonyl (C=O) groups excluding carboxylic acids is 1. The predicted molar refractivity (Wildman–Crippen MR) is 96.1 cm³/mol. The Bertz CT molecular complexity index is 874. The molecule has 1 aliphatic heterocycles. The minimum absolute atomic E-state index is 0.175. The number of rotatable bonds is 3. The van der Waals surface area contributed by atoms with Crippen molar-refractivity contribution < 1.29 is 13.2 Å². The average Bonchev–Trinajstić information content (AvgIpc) is 2.53. The second-order valence-electron chi connectivity index (χ2n) is 6.10. The maximum Gasteiger partial charge on any atom is 0.255 e. The van der Waals surface area contributed by atoms with Crippen LogP contribution in [-0.2, 0) is 16.4 Å². The van der Waals surface area contributed by atoms with Gasteiger partial charge in [0.05, 0.1) is 11.9 Å². The van der Waals surface area contributed by atoms with Crippen molar-refractivity contribution in [2.75, 3.05) is 22.4 Å². The molecular weight excluding hydrogens is 324 g/mol. The zero-order chi connectivity index (χ0) is 17.3. The van der Waals surface area contributed by atoms with Gasteiger partial charge in [0.2, 0.25) is 10.0 Å². The zero-order valence-electron chi connectivity index (χ0n) is 13.7. The minimum Gasteiger partial charge on any atom is -0.322 e. The van der Waals surface area contributed by atoms with Crippen LogP contribution in [0.2, 0.25) is 0 Å². The number of amides is 1. The predicted octanol–water partition coefficient (Wildman–Crippen LogP) is 2.96. The normalized spacial score (nSPS) is 14.2. The van der Waals surface area contributed by atoms with E-state index in [9.17, 15) is 13.2 Å². The highest BCUT2D eigenvalue weighted by Gasteiger charge is 2.24. The molecule has 1 amide bonds. The van der Waals surface area contributed by atoms with E-state index in [4.69, 9.17) is 0 Å². The SMILES string of the molecule is Cc1ccc(C(=O)Nc2ccc3c(c2)CCCN3S(C)(=O)=O)cc1. The van der Waals surface area contributed by atoms with Crippen LogP contribution in [-0.4, -0.2) is 27.1 Å². The maximum absolute atomic E-state index is 12.3. The molecule has 0 unspecified atom stereocenters. The summed E-state index contributed by atoms with van der Waals surface area (Å²) in [6.45, 7) is 2.47. The number of benzene rings is 2. The van der Waals surface area contributed by atoms with Crippen molar-refractivity contribution in [3.63, 3.8) is 0 Å². The van der Waals surface area contributed by atoms with Crippen LogP contribution in [0.15, 0.2) is 42.5 Å². The van der Waals surface area contributed by atoms with Gasteiger partial charge in [-0.1, -0.05) is 17.7 Å². The van der Waals surface area contributed by atoms with Gasteiger partial charge in [0.15, 0.2) is 0 Å². The summed E-state index contributed by atoms with van der Waals surface area (Å²) in [4.78, 5) is 12.3. The van der Waals surface area contributed by atoms with Crippen molar-refractivity contribution in [3.05, 3.63) is 59.2 Å². The molecule has 0 aromatic heterocycles. The van der Waals surface area contributed by atoms with Crippen LogP contribution in [0.4, 0.5) is 11.4 Å². The highest BCUT2D eigenvalue weighted by Crippen LogP contribution is 2.31. The Morgan fingerprint density at radius 1 is 1.12 bits per heavy atom. The molecule has 1 N–H and O–H groups in total. The first kappa shape index (κ1) is 16.5. The van der Waals surface area contributed by atoms with E-state index < -0.39 is 10.0 Å². The van der Waals surface area contributed by atoms with Crippen molar-refractivity contribution in [2.45, 2.75) is 19.8 Å². The van der Waals surface area contributed by atoms with E-state index in [-0.39, 0.29) is 5.91 Å². The van der Waals surface area contributed by atoms with E-state index in [1.807, 2.05) is 25.1 Å². The van der Waals surface area contributed by atoms with Gasteiger partial charge in [0.1, 0.15) is 0 Å². The number of sulfonamides is 1. The summed E-state index contributed by atoms with van der Waals surface area (Å²) in [5.74, 6) is -0.175. The highest BCUT2D eigenvalue weighted by molar-refractivity contribution is 7.92. The number of hydrogen-bond acceptors (Lipinski definition) is 3. The molecule has 2 aromatic carbocycles. The summed E-state index contributed by atoms with van der Waals surface area (Å²) in [5.41, 5.74) is 4.01. The quantitative estimate of drug-likeness (QED) is 0.931. The Morgan fingerprint density at radius 2 is 1.83 bits per heavy atom. The van der Waals surface area contributed by atoms with Crippen LogP contribution >= 0.6 is 0 Å². The van der Waals surface area contributed by atoms with Crippen LogP contribution in [0.3, 0.4) is 0 Å². The number of nitrogens with one attached hydrogen (secondary N) is 1. The van der Waals surface area contributed by atoms with Gasteiger partial charge in [0, 0.05) is 17.8 Å². The lowest BCUT2D eigenvalue weighted by Crippen LogP contribution is -2.34. The molecule has 126 valence electrons. The molecule has 3 rings (SSSR count). The van der Waals surface area contributed by atoms with Crippen LogP contribution in [0.25, 0.3) is 0 Å². The molecule has 0 bridgehead atoms. The van der Waals surface area contributed by atoms with Crippen molar-refractivity contribution >= 4 is 27.3 Å². The van der Waals surface area contributed by atoms with E-state index in [1.54, 1.807) is 24.3 Å². The van der Waals surface area contributed by atoms with Crippen molar-refractivity contribution in [3.8, 4) is 0 Å². The number of carbonyl (C=O) groups is 1. The summed E-state index contributed by atoms with van der Waals surface area (Å²) in [7, 11) is -3.28. The molecule has 0 saturated heterocycles. The number of aryl methyl sites for hydroxylation is 2. The third-order valence-corrected chi connectivity index (χ3v) is 5.31. The van der Waals surface area contributed by atoms with E-state index in [0.717, 1.165) is 24.0 Å². The number of anilines is 2. The summed E-state index contributed by atoms with van der Waals surface area (Å²) in [6, 6.07) is 12.7. The fourth-order valence-electron chi connectivity index (χ4n) is 2.89. The molecule has 1 aliphatic rings. The Hall–Kier alpha value is -2.34. The van der Waals surface area contributed by atoms with Gasteiger partial charge in [-0.05, 0) is 55.7 Å². The topological polar surface area (TPSA) is 66.5 Å². The standard InChI is InChI=1S/C18H20N2O3S/c1-13-5-7-14(8-6-13)18(21)19-16-9-10-17-15(12-16)4-3-11-20(17)24(2,22)23/h5-10,12H,3-4,11H2,1-2H3,(H,19,21). The number of fused-ring (bicyclic) bond motifs is 1. The zero-order valence-corrected chi connectivity index (χ0v) is 14.6. The fourth-order valence-corrected chi connectivity index (χ4v) is 3.89. The first-order valence-electron chi connectivity index (χ1n) is 7.83. The van der Waals surface area contributed by atoms with Crippen LogP contribution < -0.4 is 9.62 Å². The molecule has 0 radical (unpaired) electrons. The van der Waals surface area contributed by atoms with Gasteiger partial charge in [0.25, 0.3) is 5.91 Å². The van der Waals surface area contributed by atoms with Crippen molar-refractivity contribution in [1.82, 2.24) is 0 Å². The maximum atomic E-state index is 12.3. The summed E-state index contributed by atoms with van der Waals surface area (Å²) < 4.78 is 25.2. The third kappa shape index (κ3) is 3.43. The molecule has 0 spiro atoms. The van der Waals surface area contributed by atoms with Crippen LogP contribution in [0.5, 0.6) is 0 Å². The monoisotopic (exact) mass is 344 g/mol. The molecule has 5 nitrogen and oxygen atoms in total. The second-order valence-corrected chi connectivity index (χ2v) is 8.01. The molecule has 24 heavy (non-hydrogen) atoms. The molecule has 0 fully saturated rings. The van der Waals surface area contributed by atoms with Gasteiger partial charge in [-0.25, -0.2) is 8.42 Å². The lowest BCUT2D eigenvalue weighted by molar-refractivity contribution is 0.102. The first-order valence-corrected chi connectivity index (χ1v) is 9.68. The summed E-state index contributed by atoms with van der Waals surface area (Å²) in [6.07, 6.45) is 2.79. The second kappa shape index (κ2) is 6.28. The third-order valence-electron chi connectivity index (χ3n) is 4.13. The van der Waals surface area contributed by atoms with E-state index in [0.29, 0.717) is 23.5 Å². The largest absolute Gasteiger partial charge is 0.322 e. The Labute approximate surface area is 142 Å². The first-order chi connectivity index (χ1) is 11.3. The van der Waals surface area contributed by atoms with Crippen LogP contribution in [0, 0.1) is 6.92 Å². The Kier molecular flexibility index (Phi) is 4.32. The van der Waals surface area contributed by atoms with Crippen molar-refractivity contribution in [2.24, 2.45) is 0 Å². The lowest BCUT2D eigenvalue weighted by atomic mass is 10.0. The van der Waals surface area contributed by atoms with Crippen molar-refractivity contribution in [1.29, 1.82) is 0 Å². The summed E-state index contributed by atoms with van der Waals surface area (Å²) >= 11 is 0. The molecular formula is C18H20N2O3S. The summed E-state index contributed by atoms with van der Waals surface area (Å²) in [5, 5.41) is 2.87. The Morgan fingerprint density at radius 3 is 2.50 bits per heavy atom. The molecule has 2 aromatic rings. The van der Waals surface area contributed by atoms with Gasteiger partial charge < -0.3 is 5.32 Å². The van der Waals surface area contributed by atoms with E-state index >= 15 is 0 Å². The molecule has 0 atom stereocenters. The number of nitrogens with zero attached hydrogens (tertiary/aromatic N) is 1. The smallest absolute Gasteiger partial charge is 0.255 e. The fraction of sp³-hybridized carbons (Fsp3) is 0.278. The lowest BCUT2D eigenvalue weighted by Gasteiger charge is -2.29. The van der Waals surface area contributed by atoms with Crippen LogP contribution in [0.1, 0.15) is 27.9 Å². The number of hydrogen-bond donors (Lipinski definition) is 1. The minimum atomic E-state index is -3.28. The highest BCUT2D eigenvalue weighted by atomic mass is 32.2.